The van der Waals surface area contributed by atoms with Gasteiger partial charge in [0.1, 0.15) is 5.82 Å². The smallest absolute Gasteiger partial charge is 0.252 e. The van der Waals surface area contributed by atoms with Crippen molar-refractivity contribution >= 4 is 51.5 Å². The molecule has 1 fully saturated rings. The third-order valence-corrected chi connectivity index (χ3v) is 4.64. The molecular weight excluding hydrogens is 434 g/mol. The van der Waals surface area contributed by atoms with Crippen LogP contribution in [0.5, 0.6) is 0 Å². The van der Waals surface area contributed by atoms with Crippen molar-refractivity contribution in [1.29, 1.82) is 0 Å². The van der Waals surface area contributed by atoms with E-state index in [-0.39, 0.29) is 22.4 Å². The predicted molar refractivity (Wildman–Crippen MR) is 95.7 cm³/mol. The maximum Gasteiger partial charge on any atom is 0.252 e. The third-order valence-electron chi connectivity index (χ3n) is 3.68. The van der Waals surface area contributed by atoms with Crippen LogP contribution in [0.15, 0.2) is 30.6 Å². The molecule has 0 aliphatic carbocycles. The van der Waals surface area contributed by atoms with Gasteiger partial charge in [0.2, 0.25) is 0 Å². The van der Waals surface area contributed by atoms with Gasteiger partial charge in [-0.3, -0.25) is 9.78 Å². The number of nitrogens with zero attached hydrogens (tertiary/aromatic N) is 2. The molecule has 0 bridgehead atoms. The number of carbonyl (C=O) groups is 1. The molecule has 1 aliphatic rings. The first kappa shape index (κ1) is 16.4. The maximum absolute atomic E-state index is 14.5. The average molecular weight is 447 g/mol. The second-order valence-electron chi connectivity index (χ2n) is 5.16. The number of pyridine rings is 1. The maximum atomic E-state index is 14.5. The molecule has 23 heavy (non-hydrogen) atoms. The summed E-state index contributed by atoms with van der Waals surface area (Å²) in [6.45, 7) is 1.33. The number of benzene rings is 1. The Morgan fingerprint density at radius 2 is 2.13 bits per heavy atom. The van der Waals surface area contributed by atoms with Crippen molar-refractivity contribution in [3.63, 3.8) is 0 Å². The summed E-state index contributed by atoms with van der Waals surface area (Å²) in [6, 6.07) is 4.92. The number of carbonyl (C=O) groups excluding carboxylic acids is 1. The van der Waals surface area contributed by atoms with Crippen LogP contribution in [0.1, 0.15) is 10.4 Å². The Kier molecular flexibility index (Phi) is 4.69. The highest BCUT2D eigenvalue weighted by atomic mass is 127. The highest BCUT2D eigenvalue weighted by Gasteiger charge is 2.31. The Hall–Kier alpha value is -1.45. The molecule has 0 saturated carbocycles. The molecule has 1 aromatic carbocycles. The van der Waals surface area contributed by atoms with Gasteiger partial charge in [-0.1, -0.05) is 11.6 Å². The first-order valence-electron chi connectivity index (χ1n) is 6.87. The van der Waals surface area contributed by atoms with Gasteiger partial charge in [0.05, 0.1) is 34.2 Å². The Labute approximate surface area is 151 Å². The van der Waals surface area contributed by atoms with Crippen molar-refractivity contribution in [1.82, 2.24) is 10.3 Å². The number of amides is 1. The molecule has 1 aliphatic heterocycles. The van der Waals surface area contributed by atoms with Crippen LogP contribution >= 0.6 is 34.2 Å². The largest absolute Gasteiger partial charge is 0.365 e. The minimum atomic E-state index is -0.671. The Bertz CT molecular complexity index is 769. The Morgan fingerprint density at radius 3 is 2.70 bits per heavy atom. The van der Waals surface area contributed by atoms with E-state index in [0.29, 0.717) is 24.5 Å². The summed E-state index contributed by atoms with van der Waals surface area (Å²) in [5.74, 6) is -1.05. The fourth-order valence-corrected chi connectivity index (χ4v) is 3.21. The number of halogens is 3. The van der Waals surface area contributed by atoms with Gasteiger partial charge in [0, 0.05) is 22.9 Å². The van der Waals surface area contributed by atoms with Crippen LogP contribution in [0, 0.1) is 9.39 Å². The lowest BCUT2D eigenvalue weighted by atomic mass is 10.1. The van der Waals surface area contributed by atoms with Gasteiger partial charge in [0.15, 0.2) is 0 Å². The molecule has 0 spiro atoms. The van der Waals surface area contributed by atoms with E-state index in [1.165, 1.54) is 18.5 Å². The molecule has 120 valence electrons. The average Bonchev–Trinajstić information content (AvgIpc) is 2.42. The third kappa shape index (κ3) is 3.13. The van der Waals surface area contributed by atoms with Gasteiger partial charge in [-0.25, -0.2) is 4.39 Å². The lowest BCUT2D eigenvalue weighted by Crippen LogP contribution is -2.56. The van der Waals surface area contributed by atoms with Crippen molar-refractivity contribution in [2.24, 2.45) is 5.73 Å². The van der Waals surface area contributed by atoms with Gasteiger partial charge in [-0.15, -0.1) is 0 Å². The van der Waals surface area contributed by atoms with Crippen LogP contribution in [-0.2, 0) is 0 Å². The van der Waals surface area contributed by atoms with E-state index in [9.17, 15) is 9.18 Å². The molecular formula is C15H13ClFIN4O. The van der Waals surface area contributed by atoms with Crippen LogP contribution in [-0.4, -0.2) is 30.0 Å². The van der Waals surface area contributed by atoms with E-state index >= 15 is 0 Å². The van der Waals surface area contributed by atoms with Crippen LogP contribution in [0.3, 0.4) is 0 Å². The highest BCUT2D eigenvalue weighted by molar-refractivity contribution is 14.1. The van der Waals surface area contributed by atoms with Crippen molar-refractivity contribution in [3.8, 4) is 0 Å². The molecule has 5 nitrogen and oxygen atoms in total. The second kappa shape index (κ2) is 6.58. The summed E-state index contributed by atoms with van der Waals surface area (Å²) in [4.78, 5) is 17.6. The molecule has 0 atom stereocenters. The van der Waals surface area contributed by atoms with Crippen molar-refractivity contribution in [3.05, 3.63) is 50.6 Å². The molecule has 2 heterocycles. The van der Waals surface area contributed by atoms with E-state index in [1.807, 2.05) is 22.6 Å². The molecule has 3 rings (SSSR count). The van der Waals surface area contributed by atoms with E-state index < -0.39 is 5.91 Å². The molecule has 3 N–H and O–H groups in total. The van der Waals surface area contributed by atoms with E-state index in [2.05, 4.69) is 10.3 Å². The monoisotopic (exact) mass is 446 g/mol. The lowest BCUT2D eigenvalue weighted by molar-refractivity contribution is 0.100. The molecule has 0 radical (unpaired) electrons. The highest BCUT2D eigenvalue weighted by Crippen LogP contribution is 2.36. The fraction of sp³-hybridized carbons (Fsp3) is 0.200. The van der Waals surface area contributed by atoms with Crippen LogP contribution in [0.2, 0.25) is 5.02 Å². The van der Waals surface area contributed by atoms with Crippen molar-refractivity contribution in [2.45, 2.75) is 6.04 Å². The first-order valence-corrected chi connectivity index (χ1v) is 8.33. The summed E-state index contributed by atoms with van der Waals surface area (Å²) in [5, 5.41) is 3.29. The Balaban J connectivity index is 2.18. The van der Waals surface area contributed by atoms with Gasteiger partial charge in [0.25, 0.3) is 5.91 Å². The first-order chi connectivity index (χ1) is 11.0. The Morgan fingerprint density at radius 1 is 1.39 bits per heavy atom. The molecule has 2 aromatic rings. The minimum absolute atomic E-state index is 0.0112. The number of rotatable bonds is 4. The number of nitrogens with two attached hydrogens (primary N) is 1. The van der Waals surface area contributed by atoms with Gasteiger partial charge < -0.3 is 16.0 Å². The molecule has 1 aromatic heterocycles. The SMILES string of the molecule is NC(=O)c1c(Cl)cncc1N(c1ccc(I)cc1F)C1CNC1. The summed E-state index contributed by atoms with van der Waals surface area (Å²) >= 11 is 8.13. The zero-order valence-corrected chi connectivity index (χ0v) is 14.8. The summed E-state index contributed by atoms with van der Waals surface area (Å²) < 4.78 is 15.3. The number of hydrogen-bond acceptors (Lipinski definition) is 4. The molecule has 1 saturated heterocycles. The van der Waals surface area contributed by atoms with Crippen LogP contribution < -0.4 is 16.0 Å². The van der Waals surface area contributed by atoms with Gasteiger partial charge >= 0.3 is 0 Å². The van der Waals surface area contributed by atoms with Crippen molar-refractivity contribution < 1.29 is 9.18 Å². The number of primary amides is 1. The lowest BCUT2D eigenvalue weighted by Gasteiger charge is -2.40. The van der Waals surface area contributed by atoms with Crippen LogP contribution in [0.4, 0.5) is 15.8 Å². The number of anilines is 2. The second-order valence-corrected chi connectivity index (χ2v) is 6.81. The summed E-state index contributed by atoms with van der Waals surface area (Å²) in [7, 11) is 0. The standard InChI is InChI=1S/C15H13ClFIN4O/c16-10-6-21-7-13(14(10)15(19)23)22(9-4-20-5-9)12-2-1-8(18)3-11(12)17/h1-3,6-7,9,20H,4-5H2,(H2,19,23). The van der Waals surface area contributed by atoms with Gasteiger partial charge in [-0.05, 0) is 40.8 Å². The van der Waals surface area contributed by atoms with Crippen LogP contribution in [0.25, 0.3) is 0 Å². The predicted octanol–water partition coefficient (Wildman–Crippen LogP) is 2.69. The number of aromatic nitrogens is 1. The topological polar surface area (TPSA) is 71.2 Å². The molecule has 1 amide bonds. The van der Waals surface area contributed by atoms with Crippen molar-refractivity contribution in [2.75, 3.05) is 18.0 Å². The van der Waals surface area contributed by atoms with E-state index in [0.717, 1.165) is 3.57 Å². The summed E-state index contributed by atoms with van der Waals surface area (Å²) in [5.41, 5.74) is 6.39. The normalized spacial score (nSPS) is 14.4. The number of hydrogen-bond donors (Lipinski definition) is 2. The quantitative estimate of drug-likeness (QED) is 0.709. The zero-order chi connectivity index (χ0) is 16.6. The van der Waals surface area contributed by atoms with E-state index in [4.69, 9.17) is 17.3 Å². The number of nitrogens with one attached hydrogen (secondary N) is 1. The molecule has 0 unspecified atom stereocenters. The summed E-state index contributed by atoms with van der Waals surface area (Å²) in [6.07, 6.45) is 2.84. The fourth-order valence-electron chi connectivity index (χ4n) is 2.51. The van der Waals surface area contributed by atoms with E-state index in [1.54, 1.807) is 17.0 Å². The minimum Gasteiger partial charge on any atom is -0.365 e. The zero-order valence-electron chi connectivity index (χ0n) is 11.9. The molecule has 8 heteroatoms. The van der Waals surface area contributed by atoms with Gasteiger partial charge in [-0.2, -0.15) is 0 Å².